The van der Waals surface area contributed by atoms with Gasteiger partial charge in [0, 0.05) is 6.54 Å². The van der Waals surface area contributed by atoms with Crippen LogP contribution >= 0.6 is 0 Å². The van der Waals surface area contributed by atoms with Crippen molar-refractivity contribution in [3.05, 3.63) is 26.5 Å². The highest BCUT2D eigenvalue weighted by molar-refractivity contribution is 5.21. The first-order valence-electron chi connectivity index (χ1n) is 3.70. The van der Waals surface area contributed by atoms with Crippen LogP contribution in [0.1, 0.15) is 5.69 Å². The molecule has 1 aromatic heterocycles. The summed E-state index contributed by atoms with van der Waals surface area (Å²) < 4.78 is 0. The number of hydrogen-bond acceptors (Lipinski definition) is 4. The summed E-state index contributed by atoms with van der Waals surface area (Å²) in [6.07, 6.45) is 0. The molecule has 3 N–H and O–H groups in total. The standard InChI is InChI=1S/C7H11N3O3/c1-10(2)3-4-5(11)6(12)9-7(13)8-4/h11H,3H2,1-2H3,(H2,8,9,12,13). The number of rotatable bonds is 2. The lowest BCUT2D eigenvalue weighted by Gasteiger charge is -2.09. The molecule has 0 aliphatic heterocycles. The Morgan fingerprint density at radius 1 is 1.31 bits per heavy atom. The molecule has 13 heavy (non-hydrogen) atoms. The van der Waals surface area contributed by atoms with E-state index in [1.165, 1.54) is 0 Å². The second-order valence-electron chi connectivity index (χ2n) is 2.97. The summed E-state index contributed by atoms with van der Waals surface area (Å²) >= 11 is 0. The van der Waals surface area contributed by atoms with Crippen LogP contribution < -0.4 is 11.2 Å². The minimum Gasteiger partial charge on any atom is -0.502 e. The SMILES string of the molecule is CN(C)Cc1[nH]c(=O)[nH]c(=O)c1O. The van der Waals surface area contributed by atoms with Gasteiger partial charge in [0.1, 0.15) is 0 Å². The van der Waals surface area contributed by atoms with Crippen LogP contribution in [0.4, 0.5) is 0 Å². The zero-order valence-corrected chi connectivity index (χ0v) is 7.42. The highest BCUT2D eigenvalue weighted by Gasteiger charge is 2.07. The van der Waals surface area contributed by atoms with Crippen LogP contribution in [0.5, 0.6) is 5.75 Å². The third-order valence-corrected chi connectivity index (χ3v) is 1.47. The molecule has 0 atom stereocenters. The fourth-order valence-electron chi connectivity index (χ4n) is 0.957. The highest BCUT2D eigenvalue weighted by atomic mass is 16.3. The minimum atomic E-state index is -0.763. The molecule has 72 valence electrons. The predicted molar refractivity (Wildman–Crippen MR) is 46.7 cm³/mol. The molecule has 0 amide bonds. The monoisotopic (exact) mass is 185 g/mol. The van der Waals surface area contributed by atoms with E-state index >= 15 is 0 Å². The molecule has 0 aliphatic rings. The molecule has 0 unspecified atom stereocenters. The lowest BCUT2D eigenvalue weighted by Crippen LogP contribution is -2.26. The van der Waals surface area contributed by atoms with Crippen LogP contribution in [-0.4, -0.2) is 34.1 Å². The molecule has 0 spiro atoms. The molecule has 0 saturated heterocycles. The van der Waals surface area contributed by atoms with Crippen LogP contribution in [0, 0.1) is 0 Å². The summed E-state index contributed by atoms with van der Waals surface area (Å²) in [6.45, 7) is 0.311. The second-order valence-corrected chi connectivity index (χ2v) is 2.97. The lowest BCUT2D eigenvalue weighted by molar-refractivity contribution is 0.374. The van der Waals surface area contributed by atoms with Crippen molar-refractivity contribution in [2.24, 2.45) is 0 Å². The van der Waals surface area contributed by atoms with E-state index in [9.17, 15) is 14.7 Å². The zero-order valence-electron chi connectivity index (χ0n) is 7.42. The Labute approximate surface area is 73.8 Å². The number of aromatic nitrogens is 2. The quantitative estimate of drug-likeness (QED) is 0.541. The van der Waals surface area contributed by atoms with Crippen molar-refractivity contribution in [2.45, 2.75) is 6.54 Å². The van der Waals surface area contributed by atoms with E-state index in [0.717, 1.165) is 0 Å². The molecule has 6 nitrogen and oxygen atoms in total. The Bertz CT molecular complexity index is 404. The van der Waals surface area contributed by atoms with Crippen LogP contribution in [0.2, 0.25) is 0 Å². The van der Waals surface area contributed by atoms with Crippen LogP contribution in [0.15, 0.2) is 9.59 Å². The Morgan fingerprint density at radius 2 is 1.92 bits per heavy atom. The number of H-pyrrole nitrogens is 2. The number of nitrogens with one attached hydrogen (secondary N) is 2. The van der Waals surface area contributed by atoms with E-state index in [1.54, 1.807) is 19.0 Å². The van der Waals surface area contributed by atoms with E-state index in [0.29, 0.717) is 6.54 Å². The maximum absolute atomic E-state index is 10.9. The highest BCUT2D eigenvalue weighted by Crippen LogP contribution is 2.05. The topological polar surface area (TPSA) is 89.2 Å². The van der Waals surface area contributed by atoms with Crippen molar-refractivity contribution < 1.29 is 5.11 Å². The van der Waals surface area contributed by atoms with Crippen LogP contribution in [0.3, 0.4) is 0 Å². The molecular weight excluding hydrogens is 174 g/mol. The van der Waals surface area contributed by atoms with Gasteiger partial charge in [-0.1, -0.05) is 0 Å². The van der Waals surface area contributed by atoms with Crippen molar-refractivity contribution in [1.82, 2.24) is 14.9 Å². The molecule has 1 aromatic rings. The molecule has 0 radical (unpaired) electrons. The van der Waals surface area contributed by atoms with Gasteiger partial charge in [-0.05, 0) is 14.1 Å². The molecule has 6 heteroatoms. The average molecular weight is 185 g/mol. The number of aromatic amines is 2. The van der Waals surface area contributed by atoms with Gasteiger partial charge in [-0.3, -0.25) is 9.78 Å². The predicted octanol–water partition coefficient (Wildman–Crippen LogP) is -1.17. The minimum absolute atomic E-state index is 0.221. The van der Waals surface area contributed by atoms with Gasteiger partial charge in [0.05, 0.1) is 5.69 Å². The van der Waals surface area contributed by atoms with E-state index in [4.69, 9.17) is 0 Å². The molecule has 1 rings (SSSR count). The van der Waals surface area contributed by atoms with E-state index in [2.05, 4.69) is 4.98 Å². The van der Waals surface area contributed by atoms with Crippen LogP contribution in [-0.2, 0) is 6.54 Å². The zero-order chi connectivity index (χ0) is 10.0. The van der Waals surface area contributed by atoms with Gasteiger partial charge in [0.2, 0.25) is 5.75 Å². The van der Waals surface area contributed by atoms with E-state index < -0.39 is 17.0 Å². The average Bonchev–Trinajstić information content (AvgIpc) is 1.98. The maximum atomic E-state index is 10.9. The van der Waals surface area contributed by atoms with Crippen molar-refractivity contribution in [1.29, 1.82) is 0 Å². The Balaban J connectivity index is 3.21. The first-order valence-corrected chi connectivity index (χ1v) is 3.70. The number of aromatic hydroxyl groups is 1. The van der Waals surface area contributed by atoms with Gasteiger partial charge in [-0.25, -0.2) is 4.79 Å². The summed E-state index contributed by atoms with van der Waals surface area (Å²) in [4.78, 5) is 27.7. The largest absolute Gasteiger partial charge is 0.502 e. The lowest BCUT2D eigenvalue weighted by atomic mass is 10.3. The van der Waals surface area contributed by atoms with Gasteiger partial charge < -0.3 is 15.0 Å². The summed E-state index contributed by atoms with van der Waals surface area (Å²) in [7, 11) is 3.53. The van der Waals surface area contributed by atoms with E-state index in [-0.39, 0.29) is 5.69 Å². The van der Waals surface area contributed by atoms with Gasteiger partial charge in [-0.2, -0.15) is 0 Å². The Hall–Kier alpha value is -1.56. The van der Waals surface area contributed by atoms with Crippen LogP contribution in [0.25, 0.3) is 0 Å². The fraction of sp³-hybridized carbons (Fsp3) is 0.429. The smallest absolute Gasteiger partial charge is 0.326 e. The van der Waals surface area contributed by atoms with E-state index in [1.807, 2.05) is 4.98 Å². The third kappa shape index (κ3) is 2.19. The van der Waals surface area contributed by atoms with Crippen molar-refractivity contribution in [3.8, 4) is 5.75 Å². The van der Waals surface area contributed by atoms with Gasteiger partial charge in [0.15, 0.2) is 0 Å². The summed E-state index contributed by atoms with van der Waals surface area (Å²) in [5.74, 6) is -0.437. The molecular formula is C7H11N3O3. The van der Waals surface area contributed by atoms with Gasteiger partial charge in [0.25, 0.3) is 5.56 Å². The first kappa shape index (κ1) is 9.53. The summed E-state index contributed by atoms with van der Waals surface area (Å²) in [5.41, 5.74) is -1.15. The Morgan fingerprint density at radius 3 is 2.46 bits per heavy atom. The number of nitrogens with zero attached hydrogens (tertiary/aromatic N) is 1. The maximum Gasteiger partial charge on any atom is 0.326 e. The normalized spacial score (nSPS) is 10.7. The molecule has 0 bridgehead atoms. The molecule has 0 saturated carbocycles. The van der Waals surface area contributed by atoms with Gasteiger partial charge >= 0.3 is 5.69 Å². The Kier molecular flexibility index (Phi) is 2.52. The molecule has 0 aliphatic carbocycles. The first-order chi connectivity index (χ1) is 6.00. The number of hydrogen-bond donors (Lipinski definition) is 3. The third-order valence-electron chi connectivity index (χ3n) is 1.47. The molecule has 0 fully saturated rings. The molecule has 1 heterocycles. The van der Waals surface area contributed by atoms with Crippen molar-refractivity contribution >= 4 is 0 Å². The van der Waals surface area contributed by atoms with Crippen molar-refractivity contribution in [3.63, 3.8) is 0 Å². The summed E-state index contributed by atoms with van der Waals surface area (Å²) in [5, 5.41) is 9.23. The molecule has 0 aromatic carbocycles. The fourth-order valence-corrected chi connectivity index (χ4v) is 0.957. The van der Waals surface area contributed by atoms with Crippen molar-refractivity contribution in [2.75, 3.05) is 14.1 Å². The summed E-state index contributed by atoms with van der Waals surface area (Å²) in [6, 6.07) is 0. The second kappa shape index (κ2) is 3.44. The van der Waals surface area contributed by atoms with Gasteiger partial charge in [-0.15, -0.1) is 0 Å².